The zero-order valence-corrected chi connectivity index (χ0v) is 22.8. The number of likely N-dealkylation sites (tertiary alicyclic amines) is 1. The Kier molecular flexibility index (Phi) is 7.93. The Morgan fingerprint density at radius 3 is 2.46 bits per heavy atom. The number of hydrogen-bond donors (Lipinski definition) is 1. The number of rotatable bonds is 6. The van der Waals surface area contributed by atoms with Crippen molar-refractivity contribution in [2.45, 2.75) is 58.5 Å². The molecular weight excluding hydrogens is 496 g/mol. The third-order valence-corrected chi connectivity index (χ3v) is 7.00. The summed E-state index contributed by atoms with van der Waals surface area (Å²) in [4.78, 5) is 26.6. The fourth-order valence-electron chi connectivity index (χ4n) is 4.90. The van der Waals surface area contributed by atoms with Gasteiger partial charge in [0.25, 0.3) is 5.91 Å². The van der Waals surface area contributed by atoms with E-state index >= 15 is 0 Å². The molecule has 1 unspecified atom stereocenters. The molecule has 1 fully saturated rings. The van der Waals surface area contributed by atoms with Gasteiger partial charge in [0.15, 0.2) is 0 Å². The van der Waals surface area contributed by atoms with Crippen LogP contribution in [-0.2, 0) is 22.5 Å². The van der Waals surface area contributed by atoms with E-state index in [0.29, 0.717) is 38.2 Å². The number of fused-ring (bicyclic) bond motifs is 1. The third kappa shape index (κ3) is 6.81. The number of furan rings is 1. The molecule has 206 valence electrons. The molecule has 8 heteroatoms. The van der Waals surface area contributed by atoms with Gasteiger partial charge in [0.05, 0.1) is 12.9 Å². The first-order chi connectivity index (χ1) is 18.7. The zero-order chi connectivity index (χ0) is 27.4. The number of piperidine rings is 1. The molecule has 0 saturated carbocycles. The quantitative estimate of drug-likeness (QED) is 0.432. The number of amides is 2. The van der Waals surface area contributed by atoms with Gasteiger partial charge < -0.3 is 28.8 Å². The number of hydrogen-bond acceptors (Lipinski definition) is 6. The summed E-state index contributed by atoms with van der Waals surface area (Å²) in [5.74, 6) is 1.79. The maximum atomic E-state index is 12.5. The standard InChI is InChI=1S/C31H36N2O6/c1-31(2,3)39-30(35)33-16-13-23(14-17-33)29-37-20-25-19-24(10-11-27(25)38-29)21-6-8-22(9-7-21)28(34)32-15-12-26-5-4-18-36-26/h4-11,18-19,23,29H,12-17,20H2,1-3H3,(H,32,34). The number of carbonyl (C=O) groups is 2. The number of nitrogens with one attached hydrogen (secondary N) is 1. The Bertz CT molecular complexity index is 1270. The topological polar surface area (TPSA) is 90.2 Å². The van der Waals surface area contributed by atoms with Crippen LogP contribution in [0.15, 0.2) is 65.3 Å². The highest BCUT2D eigenvalue weighted by molar-refractivity contribution is 5.94. The van der Waals surface area contributed by atoms with Crippen molar-refractivity contribution in [2.75, 3.05) is 19.6 Å². The summed E-state index contributed by atoms with van der Waals surface area (Å²) < 4.78 is 23.1. The number of benzene rings is 2. The van der Waals surface area contributed by atoms with Crippen molar-refractivity contribution < 1.29 is 28.2 Å². The van der Waals surface area contributed by atoms with Gasteiger partial charge in [0, 0.05) is 43.1 Å². The van der Waals surface area contributed by atoms with Crippen molar-refractivity contribution in [3.8, 4) is 16.9 Å². The smallest absolute Gasteiger partial charge is 0.410 e. The second-order valence-electron chi connectivity index (χ2n) is 11.1. The van der Waals surface area contributed by atoms with Crippen LogP contribution in [0.5, 0.6) is 5.75 Å². The van der Waals surface area contributed by atoms with Crippen LogP contribution in [0.4, 0.5) is 4.79 Å². The van der Waals surface area contributed by atoms with Gasteiger partial charge in [-0.3, -0.25) is 4.79 Å². The van der Waals surface area contributed by atoms with Crippen LogP contribution in [0.25, 0.3) is 11.1 Å². The van der Waals surface area contributed by atoms with Crippen molar-refractivity contribution >= 4 is 12.0 Å². The minimum absolute atomic E-state index is 0.108. The predicted octanol–water partition coefficient (Wildman–Crippen LogP) is 5.80. The summed E-state index contributed by atoms with van der Waals surface area (Å²) in [5.41, 5.74) is 3.17. The first-order valence-corrected chi connectivity index (χ1v) is 13.6. The zero-order valence-electron chi connectivity index (χ0n) is 22.8. The molecule has 2 amide bonds. The van der Waals surface area contributed by atoms with Crippen molar-refractivity contribution in [1.29, 1.82) is 0 Å². The number of ether oxygens (including phenoxy) is 3. The van der Waals surface area contributed by atoms with E-state index in [9.17, 15) is 9.59 Å². The van der Waals surface area contributed by atoms with E-state index < -0.39 is 5.60 Å². The van der Waals surface area contributed by atoms with E-state index in [1.807, 2.05) is 69.3 Å². The highest BCUT2D eigenvalue weighted by Gasteiger charge is 2.34. The second kappa shape index (κ2) is 11.5. The van der Waals surface area contributed by atoms with Gasteiger partial charge in [-0.2, -0.15) is 0 Å². The molecule has 3 aromatic rings. The van der Waals surface area contributed by atoms with E-state index in [-0.39, 0.29) is 24.2 Å². The van der Waals surface area contributed by atoms with Crippen LogP contribution in [0.1, 0.15) is 55.3 Å². The molecule has 0 bridgehead atoms. The van der Waals surface area contributed by atoms with E-state index in [2.05, 4.69) is 11.4 Å². The summed E-state index contributed by atoms with van der Waals surface area (Å²) >= 11 is 0. The largest absolute Gasteiger partial charge is 0.469 e. The van der Waals surface area contributed by atoms with Crippen LogP contribution in [0.2, 0.25) is 0 Å². The summed E-state index contributed by atoms with van der Waals surface area (Å²) in [6.07, 6.45) is 3.31. The van der Waals surface area contributed by atoms with E-state index in [0.717, 1.165) is 41.0 Å². The molecule has 1 atom stereocenters. The fourth-order valence-corrected chi connectivity index (χ4v) is 4.90. The van der Waals surface area contributed by atoms with Crippen molar-refractivity contribution in [2.24, 2.45) is 5.92 Å². The Labute approximate surface area is 229 Å². The lowest BCUT2D eigenvalue weighted by atomic mass is 9.95. The Hall–Kier alpha value is -3.78. The molecular formula is C31H36N2O6. The average molecular weight is 533 g/mol. The van der Waals surface area contributed by atoms with Crippen LogP contribution >= 0.6 is 0 Å². The fraction of sp³-hybridized carbons (Fsp3) is 0.419. The molecule has 2 aliphatic rings. The Morgan fingerprint density at radius 2 is 1.77 bits per heavy atom. The molecule has 39 heavy (non-hydrogen) atoms. The molecule has 2 aromatic carbocycles. The molecule has 0 radical (unpaired) electrons. The predicted molar refractivity (Wildman–Crippen MR) is 146 cm³/mol. The first-order valence-electron chi connectivity index (χ1n) is 13.6. The highest BCUT2D eigenvalue weighted by Crippen LogP contribution is 2.35. The normalized spacial score (nSPS) is 17.7. The van der Waals surface area contributed by atoms with Crippen molar-refractivity contribution in [1.82, 2.24) is 10.2 Å². The molecule has 2 aliphatic heterocycles. The number of nitrogens with zero attached hydrogens (tertiary/aromatic N) is 1. The van der Waals surface area contributed by atoms with Crippen LogP contribution < -0.4 is 10.1 Å². The Balaban J connectivity index is 1.13. The van der Waals surface area contributed by atoms with E-state index in [4.69, 9.17) is 18.6 Å². The van der Waals surface area contributed by atoms with E-state index in [1.165, 1.54) is 0 Å². The monoisotopic (exact) mass is 532 g/mol. The summed E-state index contributed by atoms with van der Waals surface area (Å²) in [6.45, 7) is 7.89. The molecule has 0 aliphatic carbocycles. The third-order valence-electron chi connectivity index (χ3n) is 7.00. The average Bonchev–Trinajstić information content (AvgIpc) is 3.45. The van der Waals surface area contributed by atoms with Gasteiger partial charge in [-0.15, -0.1) is 0 Å². The molecule has 1 aromatic heterocycles. The SMILES string of the molecule is CC(C)(C)OC(=O)N1CCC(C2OCc3cc(-c4ccc(C(=O)NCCc5ccco5)cc4)ccc3O2)CC1. The summed E-state index contributed by atoms with van der Waals surface area (Å²) in [7, 11) is 0. The van der Waals surface area contributed by atoms with Crippen LogP contribution in [0.3, 0.4) is 0 Å². The highest BCUT2D eigenvalue weighted by atomic mass is 16.7. The molecule has 1 N–H and O–H groups in total. The summed E-state index contributed by atoms with van der Waals surface area (Å²) in [6, 6.07) is 17.4. The lowest BCUT2D eigenvalue weighted by Gasteiger charge is -2.38. The molecule has 1 saturated heterocycles. The van der Waals surface area contributed by atoms with Gasteiger partial charge in [0.2, 0.25) is 6.29 Å². The minimum atomic E-state index is -0.496. The maximum Gasteiger partial charge on any atom is 0.410 e. The van der Waals surface area contributed by atoms with Crippen molar-refractivity contribution in [3.05, 3.63) is 77.7 Å². The molecule has 0 spiro atoms. The van der Waals surface area contributed by atoms with Gasteiger partial charge in [0.1, 0.15) is 17.1 Å². The second-order valence-corrected chi connectivity index (χ2v) is 11.1. The van der Waals surface area contributed by atoms with Crippen LogP contribution in [-0.4, -0.2) is 48.4 Å². The lowest BCUT2D eigenvalue weighted by Crippen LogP contribution is -2.45. The molecule has 8 nitrogen and oxygen atoms in total. The Morgan fingerprint density at radius 1 is 1.03 bits per heavy atom. The van der Waals surface area contributed by atoms with Crippen molar-refractivity contribution in [3.63, 3.8) is 0 Å². The summed E-state index contributed by atoms with van der Waals surface area (Å²) in [5, 5.41) is 2.93. The van der Waals surface area contributed by atoms with Gasteiger partial charge >= 0.3 is 6.09 Å². The van der Waals surface area contributed by atoms with Crippen LogP contribution in [0, 0.1) is 5.92 Å². The first kappa shape index (κ1) is 26.8. The van der Waals surface area contributed by atoms with Gasteiger partial charge in [-0.1, -0.05) is 18.2 Å². The maximum absolute atomic E-state index is 12.5. The van der Waals surface area contributed by atoms with E-state index in [1.54, 1.807) is 11.2 Å². The molecule has 5 rings (SSSR count). The minimum Gasteiger partial charge on any atom is -0.469 e. The number of carbonyl (C=O) groups excluding carboxylic acids is 2. The lowest BCUT2D eigenvalue weighted by molar-refractivity contribution is -0.149. The van der Waals surface area contributed by atoms with Gasteiger partial charge in [-0.25, -0.2) is 4.79 Å². The van der Waals surface area contributed by atoms with Gasteiger partial charge in [-0.05, 0) is 81.1 Å². The molecule has 3 heterocycles.